The fraction of sp³-hybridized carbons (Fsp3) is 0.250. The van der Waals surface area contributed by atoms with E-state index in [0.29, 0.717) is 12.5 Å². The summed E-state index contributed by atoms with van der Waals surface area (Å²) in [5, 5.41) is 0. The molecule has 0 aromatic heterocycles. The number of alkyl halides is 1. The van der Waals surface area contributed by atoms with E-state index in [1.165, 1.54) is 11.1 Å². The summed E-state index contributed by atoms with van der Waals surface area (Å²) in [6, 6.07) is 14.3. The molecule has 94 valence electrons. The number of hydrogen-bond acceptors (Lipinski definition) is 1. The molecular formula is C16H17ClO. The molecule has 0 aliphatic carbocycles. The Kier molecular flexibility index (Phi) is 4.27. The number of hydrogen-bond donors (Lipinski definition) is 0. The zero-order chi connectivity index (χ0) is 13.0. The Balaban J connectivity index is 2.11. The Hall–Kier alpha value is -1.47. The van der Waals surface area contributed by atoms with Crippen molar-refractivity contribution in [2.75, 3.05) is 0 Å². The first-order valence-corrected chi connectivity index (χ1v) is 6.56. The lowest BCUT2D eigenvalue weighted by Crippen LogP contribution is -1.99. The van der Waals surface area contributed by atoms with Crippen molar-refractivity contribution in [3.05, 3.63) is 64.7 Å². The molecule has 0 aliphatic rings. The summed E-state index contributed by atoms with van der Waals surface area (Å²) in [7, 11) is 0. The molecule has 0 N–H and O–H groups in total. The molecule has 2 aromatic rings. The molecule has 2 heteroatoms. The summed E-state index contributed by atoms with van der Waals surface area (Å²) in [4.78, 5) is 0. The number of aryl methyl sites for hydroxylation is 2. The molecule has 0 aliphatic heterocycles. The Bertz CT molecular complexity index is 514. The second-order valence-electron chi connectivity index (χ2n) is 4.51. The van der Waals surface area contributed by atoms with Gasteiger partial charge < -0.3 is 4.74 Å². The van der Waals surface area contributed by atoms with Gasteiger partial charge in [-0.15, -0.1) is 11.6 Å². The minimum absolute atomic E-state index is 0.520. The monoisotopic (exact) mass is 260 g/mol. The van der Waals surface area contributed by atoms with Gasteiger partial charge in [0.2, 0.25) is 0 Å². The minimum Gasteiger partial charge on any atom is -0.489 e. The molecule has 0 bridgehead atoms. The second-order valence-corrected chi connectivity index (χ2v) is 4.78. The number of ether oxygens (including phenoxy) is 1. The molecule has 2 rings (SSSR count). The molecule has 0 heterocycles. The van der Waals surface area contributed by atoms with Crippen LogP contribution < -0.4 is 4.74 Å². The van der Waals surface area contributed by atoms with E-state index in [1.54, 1.807) is 0 Å². The van der Waals surface area contributed by atoms with Gasteiger partial charge in [0, 0.05) is 5.88 Å². The van der Waals surface area contributed by atoms with Gasteiger partial charge in [-0.1, -0.05) is 30.3 Å². The van der Waals surface area contributed by atoms with Crippen LogP contribution in [-0.4, -0.2) is 0 Å². The van der Waals surface area contributed by atoms with Crippen LogP contribution in [0.5, 0.6) is 5.75 Å². The minimum atomic E-state index is 0.520. The average Bonchev–Trinajstić information content (AvgIpc) is 2.35. The van der Waals surface area contributed by atoms with E-state index in [0.717, 1.165) is 16.9 Å². The van der Waals surface area contributed by atoms with Crippen molar-refractivity contribution in [1.82, 2.24) is 0 Å². The molecule has 0 atom stereocenters. The normalized spacial score (nSPS) is 10.4. The van der Waals surface area contributed by atoms with Crippen molar-refractivity contribution >= 4 is 11.6 Å². The van der Waals surface area contributed by atoms with Gasteiger partial charge in [-0.3, -0.25) is 0 Å². The van der Waals surface area contributed by atoms with Crippen molar-refractivity contribution in [1.29, 1.82) is 0 Å². The summed E-state index contributed by atoms with van der Waals surface area (Å²) in [6.07, 6.45) is 0. The van der Waals surface area contributed by atoms with Gasteiger partial charge in [0.15, 0.2) is 0 Å². The zero-order valence-corrected chi connectivity index (χ0v) is 11.5. The summed E-state index contributed by atoms with van der Waals surface area (Å²) in [5.41, 5.74) is 4.71. The summed E-state index contributed by atoms with van der Waals surface area (Å²) in [5.74, 6) is 1.43. The van der Waals surface area contributed by atoms with E-state index < -0.39 is 0 Å². The van der Waals surface area contributed by atoms with Crippen LogP contribution in [0.2, 0.25) is 0 Å². The maximum Gasteiger partial charge on any atom is 0.120 e. The molecule has 0 amide bonds. The van der Waals surface area contributed by atoms with E-state index >= 15 is 0 Å². The van der Waals surface area contributed by atoms with Crippen molar-refractivity contribution in [3.8, 4) is 5.75 Å². The first kappa shape index (κ1) is 13.0. The molecule has 0 spiro atoms. The third-order valence-corrected chi connectivity index (χ3v) is 3.14. The van der Waals surface area contributed by atoms with Crippen LogP contribution in [0.15, 0.2) is 42.5 Å². The lowest BCUT2D eigenvalue weighted by atomic mass is 10.1. The van der Waals surface area contributed by atoms with Crippen LogP contribution in [0.25, 0.3) is 0 Å². The van der Waals surface area contributed by atoms with Gasteiger partial charge in [-0.05, 0) is 48.2 Å². The maximum atomic E-state index is 5.91. The van der Waals surface area contributed by atoms with Gasteiger partial charge in [0.1, 0.15) is 12.4 Å². The SMILES string of the molecule is Cc1cc(C)cc(OCc2ccccc2CCl)c1. The average molecular weight is 261 g/mol. The predicted octanol–water partition coefficient (Wildman–Crippen LogP) is 4.62. The second kappa shape index (κ2) is 5.92. The highest BCUT2D eigenvalue weighted by atomic mass is 35.5. The molecular weight excluding hydrogens is 244 g/mol. The van der Waals surface area contributed by atoms with Crippen molar-refractivity contribution in [2.45, 2.75) is 26.3 Å². The van der Waals surface area contributed by atoms with Crippen LogP contribution in [0.3, 0.4) is 0 Å². The lowest BCUT2D eigenvalue weighted by Gasteiger charge is -2.10. The maximum absolute atomic E-state index is 5.91. The van der Waals surface area contributed by atoms with Crippen LogP contribution >= 0.6 is 11.6 Å². The molecule has 0 saturated heterocycles. The van der Waals surface area contributed by atoms with E-state index in [4.69, 9.17) is 16.3 Å². The Labute approximate surface area is 113 Å². The number of halogens is 1. The van der Waals surface area contributed by atoms with Crippen LogP contribution in [0, 0.1) is 13.8 Å². The van der Waals surface area contributed by atoms with E-state index in [-0.39, 0.29) is 0 Å². The third-order valence-electron chi connectivity index (χ3n) is 2.85. The highest BCUT2D eigenvalue weighted by molar-refractivity contribution is 6.17. The molecule has 2 aromatic carbocycles. The molecule has 0 unspecified atom stereocenters. The fourth-order valence-corrected chi connectivity index (χ4v) is 2.27. The standard InChI is InChI=1S/C16H17ClO/c1-12-7-13(2)9-16(8-12)18-11-15-6-4-3-5-14(15)10-17/h3-9H,10-11H2,1-2H3. The number of rotatable bonds is 4. The molecule has 0 fully saturated rings. The highest BCUT2D eigenvalue weighted by Gasteiger charge is 2.02. The van der Waals surface area contributed by atoms with Gasteiger partial charge in [0.05, 0.1) is 0 Å². The van der Waals surface area contributed by atoms with Crippen molar-refractivity contribution in [3.63, 3.8) is 0 Å². The largest absolute Gasteiger partial charge is 0.489 e. The summed E-state index contributed by atoms with van der Waals surface area (Å²) in [6.45, 7) is 4.71. The molecule has 0 radical (unpaired) electrons. The van der Waals surface area contributed by atoms with Gasteiger partial charge in [0.25, 0.3) is 0 Å². The van der Waals surface area contributed by atoms with Crippen molar-refractivity contribution < 1.29 is 4.74 Å². The summed E-state index contributed by atoms with van der Waals surface area (Å²) >= 11 is 5.91. The number of benzene rings is 2. The quantitative estimate of drug-likeness (QED) is 0.729. The first-order chi connectivity index (χ1) is 8.69. The molecule has 0 saturated carbocycles. The van der Waals surface area contributed by atoms with Gasteiger partial charge in [-0.25, -0.2) is 0 Å². The van der Waals surface area contributed by atoms with Crippen LogP contribution in [0.4, 0.5) is 0 Å². The van der Waals surface area contributed by atoms with Gasteiger partial charge in [-0.2, -0.15) is 0 Å². The Morgan fingerprint density at radius 2 is 1.56 bits per heavy atom. The molecule has 1 nitrogen and oxygen atoms in total. The highest BCUT2D eigenvalue weighted by Crippen LogP contribution is 2.19. The molecule has 18 heavy (non-hydrogen) atoms. The smallest absolute Gasteiger partial charge is 0.120 e. The topological polar surface area (TPSA) is 9.23 Å². The third kappa shape index (κ3) is 3.27. The lowest BCUT2D eigenvalue weighted by molar-refractivity contribution is 0.305. The predicted molar refractivity (Wildman–Crippen MR) is 76.2 cm³/mol. The van der Waals surface area contributed by atoms with Crippen molar-refractivity contribution in [2.24, 2.45) is 0 Å². The van der Waals surface area contributed by atoms with Crippen LogP contribution in [-0.2, 0) is 12.5 Å². The Morgan fingerprint density at radius 1 is 0.944 bits per heavy atom. The van der Waals surface area contributed by atoms with E-state index in [9.17, 15) is 0 Å². The summed E-state index contributed by atoms with van der Waals surface area (Å²) < 4.78 is 5.84. The van der Waals surface area contributed by atoms with E-state index in [2.05, 4.69) is 38.1 Å². The van der Waals surface area contributed by atoms with Crippen LogP contribution in [0.1, 0.15) is 22.3 Å². The first-order valence-electron chi connectivity index (χ1n) is 6.03. The van der Waals surface area contributed by atoms with E-state index in [1.807, 2.05) is 18.2 Å². The van der Waals surface area contributed by atoms with Gasteiger partial charge >= 0.3 is 0 Å². The zero-order valence-electron chi connectivity index (χ0n) is 10.7. The Morgan fingerprint density at radius 3 is 2.17 bits per heavy atom. The fourth-order valence-electron chi connectivity index (χ4n) is 2.01.